The van der Waals surface area contributed by atoms with Crippen LogP contribution in [0.15, 0.2) is 22.9 Å². The predicted molar refractivity (Wildman–Crippen MR) is 67.1 cm³/mol. The summed E-state index contributed by atoms with van der Waals surface area (Å²) in [6.07, 6.45) is 4.32. The van der Waals surface area contributed by atoms with Crippen molar-refractivity contribution in [2.75, 3.05) is 0 Å². The molecule has 1 unspecified atom stereocenters. The van der Waals surface area contributed by atoms with E-state index in [4.69, 9.17) is 4.42 Å². The standard InChI is InChI=1S/C14H14N2O3/c1-8-11(7-16(2)15-8)14(18)10-3-4-12-9(13(10)17)5-6-19-12/h5-7,10H,3-4H2,1-2H3. The molecular formula is C14H14N2O3. The van der Waals surface area contributed by atoms with Crippen LogP contribution in [-0.4, -0.2) is 21.3 Å². The summed E-state index contributed by atoms with van der Waals surface area (Å²) in [7, 11) is 1.76. The van der Waals surface area contributed by atoms with Gasteiger partial charge < -0.3 is 4.42 Å². The van der Waals surface area contributed by atoms with Gasteiger partial charge in [0.1, 0.15) is 5.76 Å². The van der Waals surface area contributed by atoms with E-state index in [9.17, 15) is 9.59 Å². The molecule has 1 aliphatic rings. The van der Waals surface area contributed by atoms with Crippen molar-refractivity contribution in [1.82, 2.24) is 9.78 Å². The molecule has 0 aliphatic heterocycles. The Bertz CT molecular complexity index is 666. The van der Waals surface area contributed by atoms with Crippen LogP contribution >= 0.6 is 0 Å². The zero-order valence-corrected chi connectivity index (χ0v) is 10.8. The number of hydrogen-bond donors (Lipinski definition) is 0. The maximum atomic E-state index is 12.5. The molecule has 5 nitrogen and oxygen atoms in total. The smallest absolute Gasteiger partial charge is 0.177 e. The van der Waals surface area contributed by atoms with Gasteiger partial charge >= 0.3 is 0 Å². The molecule has 0 radical (unpaired) electrons. The second kappa shape index (κ2) is 4.19. The van der Waals surface area contributed by atoms with Crippen LogP contribution in [0.1, 0.15) is 38.6 Å². The van der Waals surface area contributed by atoms with E-state index in [0.717, 1.165) is 0 Å². The number of aromatic nitrogens is 2. The predicted octanol–water partition coefficient (Wildman–Crippen LogP) is 1.95. The van der Waals surface area contributed by atoms with E-state index >= 15 is 0 Å². The van der Waals surface area contributed by atoms with Crippen molar-refractivity contribution in [1.29, 1.82) is 0 Å². The summed E-state index contributed by atoms with van der Waals surface area (Å²) in [5.41, 5.74) is 1.75. The lowest BCUT2D eigenvalue weighted by molar-refractivity contribution is 0.0786. The fourth-order valence-corrected chi connectivity index (χ4v) is 2.63. The molecule has 1 aliphatic carbocycles. The lowest BCUT2D eigenvalue weighted by Crippen LogP contribution is -2.29. The highest BCUT2D eigenvalue weighted by Gasteiger charge is 2.35. The van der Waals surface area contributed by atoms with Crippen molar-refractivity contribution >= 4 is 11.6 Å². The van der Waals surface area contributed by atoms with Crippen LogP contribution in [-0.2, 0) is 13.5 Å². The highest BCUT2D eigenvalue weighted by Crippen LogP contribution is 2.29. The molecule has 0 bridgehead atoms. The van der Waals surface area contributed by atoms with Gasteiger partial charge in [-0.15, -0.1) is 0 Å². The summed E-state index contributed by atoms with van der Waals surface area (Å²) in [5, 5.41) is 4.15. The maximum Gasteiger partial charge on any atom is 0.177 e. The third-order valence-electron chi connectivity index (χ3n) is 3.58. The molecule has 0 fully saturated rings. The van der Waals surface area contributed by atoms with Gasteiger partial charge in [-0.05, 0) is 19.4 Å². The molecule has 0 aromatic carbocycles. The quantitative estimate of drug-likeness (QED) is 0.610. The monoisotopic (exact) mass is 258 g/mol. The van der Waals surface area contributed by atoms with E-state index < -0.39 is 5.92 Å². The van der Waals surface area contributed by atoms with Crippen molar-refractivity contribution < 1.29 is 14.0 Å². The number of furan rings is 1. The molecule has 3 rings (SSSR count). The van der Waals surface area contributed by atoms with Crippen molar-refractivity contribution in [3.8, 4) is 0 Å². The third kappa shape index (κ3) is 1.82. The molecule has 5 heteroatoms. The number of ketones is 2. The second-order valence-corrected chi connectivity index (χ2v) is 4.88. The van der Waals surface area contributed by atoms with Crippen LogP contribution < -0.4 is 0 Å². The van der Waals surface area contributed by atoms with E-state index in [1.807, 2.05) is 0 Å². The molecule has 2 heterocycles. The van der Waals surface area contributed by atoms with Gasteiger partial charge in [0.2, 0.25) is 0 Å². The minimum absolute atomic E-state index is 0.136. The Balaban J connectivity index is 1.94. The van der Waals surface area contributed by atoms with E-state index in [-0.39, 0.29) is 11.6 Å². The Morgan fingerprint density at radius 3 is 3.00 bits per heavy atom. The largest absolute Gasteiger partial charge is 0.469 e. The molecule has 0 spiro atoms. The normalized spacial score (nSPS) is 18.4. The van der Waals surface area contributed by atoms with Gasteiger partial charge in [-0.2, -0.15) is 5.10 Å². The van der Waals surface area contributed by atoms with Gasteiger partial charge in [0, 0.05) is 19.7 Å². The summed E-state index contributed by atoms with van der Waals surface area (Å²) < 4.78 is 6.84. The van der Waals surface area contributed by atoms with Crippen molar-refractivity contribution in [3.05, 3.63) is 41.1 Å². The molecule has 98 valence electrons. The van der Waals surface area contributed by atoms with Crippen molar-refractivity contribution in [3.63, 3.8) is 0 Å². The molecule has 0 amide bonds. The minimum atomic E-state index is -0.604. The number of Topliss-reactive ketones (excluding diaryl/α,β-unsaturated/α-hetero) is 2. The summed E-state index contributed by atoms with van der Waals surface area (Å²) in [6.45, 7) is 1.78. The number of carbonyl (C=O) groups excluding carboxylic acids is 2. The van der Waals surface area contributed by atoms with Gasteiger partial charge in [-0.1, -0.05) is 0 Å². The molecule has 0 saturated heterocycles. The SMILES string of the molecule is Cc1nn(C)cc1C(=O)C1CCc2occc2C1=O. The Kier molecular flexibility index (Phi) is 2.62. The first-order valence-corrected chi connectivity index (χ1v) is 6.23. The topological polar surface area (TPSA) is 65.1 Å². The Labute approximate surface area is 110 Å². The van der Waals surface area contributed by atoms with Crippen LogP contribution in [0.5, 0.6) is 0 Å². The Morgan fingerprint density at radius 1 is 1.53 bits per heavy atom. The highest BCUT2D eigenvalue weighted by atomic mass is 16.3. The fourth-order valence-electron chi connectivity index (χ4n) is 2.63. The lowest BCUT2D eigenvalue weighted by Gasteiger charge is -2.18. The molecule has 0 N–H and O–H groups in total. The fraction of sp³-hybridized carbons (Fsp3) is 0.357. The number of rotatable bonds is 2. The summed E-state index contributed by atoms with van der Waals surface area (Å²) in [6, 6.07) is 1.65. The van der Waals surface area contributed by atoms with Crippen LogP contribution in [0.25, 0.3) is 0 Å². The highest BCUT2D eigenvalue weighted by molar-refractivity contribution is 6.17. The Morgan fingerprint density at radius 2 is 2.32 bits per heavy atom. The van der Waals surface area contributed by atoms with Gasteiger partial charge in [-0.25, -0.2) is 0 Å². The summed E-state index contributed by atoms with van der Waals surface area (Å²) in [4.78, 5) is 24.8. The lowest BCUT2D eigenvalue weighted by atomic mass is 9.82. The van der Waals surface area contributed by atoms with E-state index in [1.54, 1.807) is 30.9 Å². The van der Waals surface area contributed by atoms with Gasteiger partial charge in [-0.3, -0.25) is 14.3 Å². The zero-order chi connectivity index (χ0) is 13.6. The molecule has 1 atom stereocenters. The molecular weight excluding hydrogens is 244 g/mol. The van der Waals surface area contributed by atoms with Crippen LogP contribution in [0.3, 0.4) is 0 Å². The number of carbonyl (C=O) groups is 2. The average molecular weight is 258 g/mol. The van der Waals surface area contributed by atoms with Crippen molar-refractivity contribution in [2.24, 2.45) is 13.0 Å². The van der Waals surface area contributed by atoms with E-state index in [1.165, 1.54) is 6.26 Å². The second-order valence-electron chi connectivity index (χ2n) is 4.88. The molecule has 2 aromatic rings. The molecule has 2 aromatic heterocycles. The van der Waals surface area contributed by atoms with Gasteiger partial charge in [0.15, 0.2) is 11.6 Å². The summed E-state index contributed by atoms with van der Waals surface area (Å²) in [5.74, 6) is -0.185. The van der Waals surface area contributed by atoms with Gasteiger partial charge in [0.25, 0.3) is 0 Å². The number of nitrogens with zero attached hydrogens (tertiary/aromatic N) is 2. The third-order valence-corrected chi connectivity index (χ3v) is 3.58. The Hall–Kier alpha value is -2.17. The molecule has 19 heavy (non-hydrogen) atoms. The van der Waals surface area contributed by atoms with Crippen LogP contribution in [0, 0.1) is 12.8 Å². The van der Waals surface area contributed by atoms with Gasteiger partial charge in [0.05, 0.1) is 29.0 Å². The first-order valence-electron chi connectivity index (χ1n) is 6.23. The first-order chi connectivity index (χ1) is 9.08. The number of hydrogen-bond acceptors (Lipinski definition) is 4. The van der Waals surface area contributed by atoms with E-state index in [0.29, 0.717) is 35.4 Å². The van der Waals surface area contributed by atoms with Crippen LogP contribution in [0.2, 0.25) is 0 Å². The van der Waals surface area contributed by atoms with E-state index in [2.05, 4.69) is 5.10 Å². The number of aryl methyl sites for hydroxylation is 3. The maximum absolute atomic E-state index is 12.5. The number of fused-ring (bicyclic) bond motifs is 1. The summed E-state index contributed by atoms with van der Waals surface area (Å²) >= 11 is 0. The first kappa shape index (κ1) is 11.9. The van der Waals surface area contributed by atoms with Crippen LogP contribution in [0.4, 0.5) is 0 Å². The molecule has 0 saturated carbocycles. The minimum Gasteiger partial charge on any atom is -0.469 e. The van der Waals surface area contributed by atoms with Crippen molar-refractivity contribution in [2.45, 2.75) is 19.8 Å². The average Bonchev–Trinajstić information content (AvgIpc) is 2.96. The zero-order valence-electron chi connectivity index (χ0n) is 10.8.